The monoisotopic (exact) mass is 465 g/mol. The number of morpholine rings is 1. The number of aromatic nitrogens is 4. The van der Waals surface area contributed by atoms with Crippen LogP contribution >= 0.6 is 11.8 Å². The van der Waals surface area contributed by atoms with Crippen LogP contribution in [0, 0.1) is 13.8 Å². The standard InChI is InChI=1S/C25H31N5O2S/c1-18-16-22(19(2)29(18)11-10-20-6-4-3-5-7-20)23(31)17-33-25-27-26-24(30(25)21-8-9-21)28-12-14-32-15-13-28/h3-7,16,21H,8-15,17H2,1-2H3. The number of ether oxygens (including phenoxy) is 1. The smallest absolute Gasteiger partial charge is 0.228 e. The van der Waals surface area contributed by atoms with Gasteiger partial charge in [0, 0.05) is 42.6 Å². The Balaban J connectivity index is 1.26. The second kappa shape index (κ2) is 9.73. The van der Waals surface area contributed by atoms with E-state index in [4.69, 9.17) is 4.74 Å². The van der Waals surface area contributed by atoms with Crippen molar-refractivity contribution in [2.75, 3.05) is 37.0 Å². The molecule has 3 aromatic rings. The maximum absolute atomic E-state index is 13.2. The van der Waals surface area contributed by atoms with Gasteiger partial charge < -0.3 is 14.2 Å². The number of thioether (sulfide) groups is 1. The summed E-state index contributed by atoms with van der Waals surface area (Å²) in [6.45, 7) is 8.13. The Kier molecular flexibility index (Phi) is 6.55. The van der Waals surface area contributed by atoms with Gasteiger partial charge in [-0.2, -0.15) is 0 Å². The third kappa shape index (κ3) is 4.87. The number of hydrogen-bond acceptors (Lipinski definition) is 6. The molecular weight excluding hydrogens is 434 g/mol. The van der Waals surface area contributed by atoms with Crippen LogP contribution in [0.2, 0.25) is 0 Å². The van der Waals surface area contributed by atoms with Gasteiger partial charge in [-0.3, -0.25) is 9.36 Å². The van der Waals surface area contributed by atoms with Crippen molar-refractivity contribution in [3.63, 3.8) is 0 Å². The lowest BCUT2D eigenvalue weighted by molar-refractivity contribution is 0.102. The Morgan fingerprint density at radius 3 is 2.61 bits per heavy atom. The molecule has 0 unspecified atom stereocenters. The topological polar surface area (TPSA) is 65.2 Å². The highest BCUT2D eigenvalue weighted by atomic mass is 32.2. The Hall–Kier alpha value is -2.58. The Morgan fingerprint density at radius 1 is 1.12 bits per heavy atom. The van der Waals surface area contributed by atoms with Gasteiger partial charge in [0.05, 0.1) is 19.0 Å². The molecule has 0 spiro atoms. The summed E-state index contributed by atoms with van der Waals surface area (Å²) in [5.74, 6) is 1.45. The van der Waals surface area contributed by atoms with E-state index >= 15 is 0 Å². The lowest BCUT2D eigenvalue weighted by Crippen LogP contribution is -2.38. The lowest BCUT2D eigenvalue weighted by atomic mass is 10.1. The Bertz CT molecular complexity index is 1110. The predicted molar refractivity (Wildman–Crippen MR) is 130 cm³/mol. The van der Waals surface area contributed by atoms with Crippen molar-refractivity contribution in [1.29, 1.82) is 0 Å². The molecule has 0 radical (unpaired) electrons. The lowest BCUT2D eigenvalue weighted by Gasteiger charge is -2.27. The first-order chi connectivity index (χ1) is 16.1. The average Bonchev–Trinajstić information content (AvgIpc) is 3.53. The molecule has 33 heavy (non-hydrogen) atoms. The fraction of sp³-hybridized carbons (Fsp3) is 0.480. The molecule has 3 heterocycles. The second-order valence-electron chi connectivity index (χ2n) is 8.87. The summed E-state index contributed by atoms with van der Waals surface area (Å²) in [6.07, 6.45) is 3.26. The molecule has 2 aromatic heterocycles. The maximum Gasteiger partial charge on any atom is 0.228 e. The van der Waals surface area contributed by atoms with E-state index in [2.05, 4.69) is 62.3 Å². The fourth-order valence-corrected chi connectivity index (χ4v) is 5.40. The minimum atomic E-state index is 0.150. The van der Waals surface area contributed by atoms with E-state index < -0.39 is 0 Å². The second-order valence-corrected chi connectivity index (χ2v) is 9.81. The van der Waals surface area contributed by atoms with Crippen LogP contribution in [0.3, 0.4) is 0 Å². The molecule has 0 N–H and O–H groups in total. The highest BCUT2D eigenvalue weighted by molar-refractivity contribution is 7.99. The molecule has 7 nitrogen and oxygen atoms in total. The molecule has 2 aliphatic rings. The molecular formula is C25H31N5O2S. The van der Waals surface area contributed by atoms with Crippen LogP contribution in [0.4, 0.5) is 5.95 Å². The SMILES string of the molecule is Cc1cc(C(=O)CSc2nnc(N3CCOCC3)n2C2CC2)c(C)n1CCc1ccccc1. The maximum atomic E-state index is 13.2. The van der Waals surface area contributed by atoms with Crippen molar-refractivity contribution in [1.82, 2.24) is 19.3 Å². The van der Waals surface area contributed by atoms with Gasteiger partial charge in [-0.15, -0.1) is 10.2 Å². The summed E-state index contributed by atoms with van der Waals surface area (Å²) in [4.78, 5) is 15.4. The van der Waals surface area contributed by atoms with Crippen molar-refractivity contribution in [2.45, 2.75) is 50.9 Å². The number of benzene rings is 1. The van der Waals surface area contributed by atoms with Crippen LogP contribution in [0.25, 0.3) is 0 Å². The van der Waals surface area contributed by atoms with Crippen molar-refractivity contribution >= 4 is 23.5 Å². The molecule has 0 amide bonds. The van der Waals surface area contributed by atoms with Gasteiger partial charge in [-0.05, 0) is 44.7 Å². The zero-order chi connectivity index (χ0) is 22.8. The van der Waals surface area contributed by atoms with Crippen LogP contribution in [0.15, 0.2) is 41.6 Å². The molecule has 174 valence electrons. The van der Waals surface area contributed by atoms with Crippen molar-refractivity contribution in [2.24, 2.45) is 0 Å². The van der Waals surface area contributed by atoms with Gasteiger partial charge in [0.25, 0.3) is 0 Å². The first kappa shape index (κ1) is 22.2. The quantitative estimate of drug-likeness (QED) is 0.350. The number of ketones is 1. The molecule has 1 saturated carbocycles. The number of carbonyl (C=O) groups is 1. The molecule has 0 atom stereocenters. The third-order valence-electron chi connectivity index (χ3n) is 6.53. The van der Waals surface area contributed by atoms with Gasteiger partial charge in [0.15, 0.2) is 10.9 Å². The predicted octanol–water partition coefficient (Wildman–Crippen LogP) is 4.09. The van der Waals surface area contributed by atoms with Crippen LogP contribution in [0.5, 0.6) is 0 Å². The molecule has 1 aliphatic heterocycles. The van der Waals surface area contributed by atoms with Crippen molar-refractivity contribution < 1.29 is 9.53 Å². The summed E-state index contributed by atoms with van der Waals surface area (Å²) >= 11 is 1.51. The molecule has 1 aromatic carbocycles. The number of hydrogen-bond donors (Lipinski definition) is 0. The van der Waals surface area contributed by atoms with Crippen LogP contribution in [0.1, 0.15) is 46.2 Å². The molecule has 8 heteroatoms. The van der Waals surface area contributed by atoms with E-state index in [9.17, 15) is 4.79 Å². The van der Waals surface area contributed by atoms with E-state index in [0.29, 0.717) is 11.8 Å². The highest BCUT2D eigenvalue weighted by Crippen LogP contribution is 2.41. The largest absolute Gasteiger partial charge is 0.378 e. The summed E-state index contributed by atoms with van der Waals surface area (Å²) in [5.41, 5.74) is 4.31. The number of aryl methyl sites for hydroxylation is 2. The summed E-state index contributed by atoms with van der Waals surface area (Å²) in [7, 11) is 0. The van der Waals surface area contributed by atoms with Crippen LogP contribution in [-0.2, 0) is 17.7 Å². The molecule has 2 fully saturated rings. The number of anilines is 1. The Morgan fingerprint density at radius 2 is 1.88 bits per heavy atom. The number of rotatable bonds is 9. The van der Waals surface area contributed by atoms with E-state index in [-0.39, 0.29) is 5.78 Å². The van der Waals surface area contributed by atoms with E-state index in [1.165, 1.54) is 17.3 Å². The summed E-state index contributed by atoms with van der Waals surface area (Å²) in [5, 5.41) is 9.80. The zero-order valence-electron chi connectivity index (χ0n) is 19.4. The van der Waals surface area contributed by atoms with Crippen LogP contribution < -0.4 is 4.90 Å². The number of nitrogens with zero attached hydrogens (tertiary/aromatic N) is 5. The van der Waals surface area contributed by atoms with Crippen molar-refractivity contribution in [3.05, 3.63) is 58.9 Å². The average molecular weight is 466 g/mol. The first-order valence-electron chi connectivity index (χ1n) is 11.8. The van der Waals surface area contributed by atoms with E-state index in [0.717, 1.165) is 80.2 Å². The molecule has 5 rings (SSSR count). The molecule has 1 aliphatic carbocycles. The fourth-order valence-electron chi connectivity index (χ4n) is 4.52. The minimum absolute atomic E-state index is 0.150. The Labute approximate surface area is 199 Å². The van der Waals surface area contributed by atoms with E-state index in [1.807, 2.05) is 12.1 Å². The van der Waals surface area contributed by atoms with Gasteiger partial charge in [-0.1, -0.05) is 42.1 Å². The molecule has 1 saturated heterocycles. The third-order valence-corrected chi connectivity index (χ3v) is 7.47. The van der Waals surface area contributed by atoms with Gasteiger partial charge in [-0.25, -0.2) is 0 Å². The first-order valence-corrected chi connectivity index (χ1v) is 12.7. The highest BCUT2D eigenvalue weighted by Gasteiger charge is 2.32. The summed E-state index contributed by atoms with van der Waals surface area (Å²) < 4.78 is 9.99. The van der Waals surface area contributed by atoms with Gasteiger partial charge in [0.1, 0.15) is 0 Å². The number of carbonyl (C=O) groups excluding carboxylic acids is 1. The minimum Gasteiger partial charge on any atom is -0.378 e. The van der Waals surface area contributed by atoms with Crippen molar-refractivity contribution in [3.8, 4) is 0 Å². The van der Waals surface area contributed by atoms with Gasteiger partial charge in [0.2, 0.25) is 5.95 Å². The summed E-state index contributed by atoms with van der Waals surface area (Å²) in [6, 6.07) is 13.0. The van der Waals surface area contributed by atoms with E-state index in [1.54, 1.807) is 0 Å². The number of Topliss-reactive ketones (excluding diaryl/α,β-unsaturated/α-hetero) is 1. The zero-order valence-corrected chi connectivity index (χ0v) is 20.2. The van der Waals surface area contributed by atoms with Crippen LogP contribution in [-0.4, -0.2) is 57.2 Å². The normalized spacial score (nSPS) is 16.4. The van der Waals surface area contributed by atoms with Gasteiger partial charge >= 0.3 is 0 Å². The molecule has 0 bridgehead atoms.